The molecule has 0 saturated carbocycles. The molecular formula is C35H43N7O3. The Labute approximate surface area is 265 Å². The lowest BCUT2D eigenvalue weighted by atomic mass is 10.0. The van der Waals surface area contributed by atoms with Gasteiger partial charge in [0.25, 0.3) is 0 Å². The zero-order chi connectivity index (χ0) is 31.9. The van der Waals surface area contributed by atoms with E-state index >= 15 is 0 Å². The van der Waals surface area contributed by atoms with Crippen molar-refractivity contribution in [2.24, 2.45) is 0 Å². The number of rotatable bonds is 11. The second-order valence-electron chi connectivity index (χ2n) is 12.0. The number of methoxy groups -OCH3 is 1. The van der Waals surface area contributed by atoms with Crippen molar-refractivity contribution in [3.8, 4) is 11.7 Å². The Balaban J connectivity index is 1.34. The molecular weight excluding hydrogens is 566 g/mol. The van der Waals surface area contributed by atoms with E-state index in [4.69, 9.17) is 14.7 Å². The number of anilines is 1. The summed E-state index contributed by atoms with van der Waals surface area (Å²) in [5, 5.41) is 3.12. The summed E-state index contributed by atoms with van der Waals surface area (Å²) in [7, 11) is 1.62. The number of amides is 2. The fourth-order valence-electron chi connectivity index (χ4n) is 5.55. The van der Waals surface area contributed by atoms with Crippen LogP contribution in [0.3, 0.4) is 0 Å². The highest BCUT2D eigenvalue weighted by atomic mass is 16.5. The Bertz CT molecular complexity index is 1600. The lowest BCUT2D eigenvalue weighted by molar-refractivity contribution is -0.132. The number of carbonyl (C=O) groups is 2. The average Bonchev–Trinajstić information content (AvgIpc) is 3.58. The molecule has 0 spiro atoms. The maximum atomic E-state index is 13.5. The molecule has 1 N–H and O–H groups in total. The number of aryl methyl sites for hydroxylation is 2. The third-order valence-corrected chi connectivity index (χ3v) is 8.42. The Morgan fingerprint density at radius 1 is 1.00 bits per heavy atom. The van der Waals surface area contributed by atoms with Gasteiger partial charge >= 0.3 is 0 Å². The lowest BCUT2D eigenvalue weighted by Crippen LogP contribution is -2.56. The molecule has 0 radical (unpaired) electrons. The van der Waals surface area contributed by atoms with Crippen molar-refractivity contribution in [2.45, 2.75) is 58.9 Å². The molecule has 10 nitrogen and oxygen atoms in total. The van der Waals surface area contributed by atoms with E-state index in [9.17, 15) is 9.59 Å². The molecule has 2 aromatic heterocycles. The summed E-state index contributed by atoms with van der Waals surface area (Å²) >= 11 is 0. The first-order valence-corrected chi connectivity index (χ1v) is 15.6. The van der Waals surface area contributed by atoms with Crippen molar-refractivity contribution >= 4 is 17.6 Å². The molecule has 1 fully saturated rings. The maximum Gasteiger partial charge on any atom is 0.237 e. The Hall–Kier alpha value is -4.73. The summed E-state index contributed by atoms with van der Waals surface area (Å²) in [4.78, 5) is 44.7. The number of imidazole rings is 1. The van der Waals surface area contributed by atoms with Gasteiger partial charge in [0.2, 0.25) is 17.8 Å². The van der Waals surface area contributed by atoms with Gasteiger partial charge in [0, 0.05) is 51.1 Å². The summed E-state index contributed by atoms with van der Waals surface area (Å²) in [6, 6.07) is 15.7. The van der Waals surface area contributed by atoms with Gasteiger partial charge in [-0.3, -0.25) is 14.2 Å². The van der Waals surface area contributed by atoms with E-state index in [-0.39, 0.29) is 36.6 Å². The second kappa shape index (κ2) is 14.4. The summed E-state index contributed by atoms with van der Waals surface area (Å²) in [5.41, 5.74) is 5.52. The number of piperazine rings is 1. The van der Waals surface area contributed by atoms with Crippen LogP contribution in [-0.2, 0) is 22.4 Å². The topological polar surface area (TPSA) is 105 Å². The Kier molecular flexibility index (Phi) is 10.1. The fourth-order valence-corrected chi connectivity index (χ4v) is 5.55. The molecule has 4 aromatic rings. The van der Waals surface area contributed by atoms with Crippen molar-refractivity contribution in [1.82, 2.24) is 29.7 Å². The molecule has 3 heterocycles. The maximum absolute atomic E-state index is 13.5. The van der Waals surface area contributed by atoms with Gasteiger partial charge in [-0.05, 0) is 60.6 Å². The van der Waals surface area contributed by atoms with Gasteiger partial charge in [0.15, 0.2) is 0 Å². The van der Waals surface area contributed by atoms with Crippen molar-refractivity contribution in [2.75, 3.05) is 38.2 Å². The number of hydrogen-bond acceptors (Lipinski definition) is 7. The number of carbonyl (C=O) groups excluding carboxylic acids is 2. The van der Waals surface area contributed by atoms with Crippen LogP contribution in [0.4, 0.5) is 5.82 Å². The van der Waals surface area contributed by atoms with Crippen LogP contribution in [0.2, 0.25) is 0 Å². The number of nitrogens with one attached hydrogen (secondary N) is 1. The van der Waals surface area contributed by atoms with Gasteiger partial charge in [0.05, 0.1) is 25.3 Å². The average molecular weight is 610 g/mol. The molecule has 10 heteroatoms. The highest BCUT2D eigenvalue weighted by molar-refractivity contribution is 5.80. The number of aromatic nitrogens is 4. The van der Waals surface area contributed by atoms with E-state index in [1.807, 2.05) is 41.4 Å². The molecule has 1 aliphatic heterocycles. The number of hydrogen-bond donors (Lipinski definition) is 1. The van der Waals surface area contributed by atoms with Crippen molar-refractivity contribution in [3.63, 3.8) is 0 Å². The van der Waals surface area contributed by atoms with E-state index < -0.39 is 0 Å². The molecule has 1 saturated heterocycles. The summed E-state index contributed by atoms with van der Waals surface area (Å²) in [6.45, 7) is 10.4. The zero-order valence-corrected chi connectivity index (χ0v) is 26.9. The molecule has 2 amide bonds. The minimum atomic E-state index is -0.259. The molecule has 0 bridgehead atoms. The van der Waals surface area contributed by atoms with Crippen molar-refractivity contribution in [1.29, 1.82) is 0 Å². The van der Waals surface area contributed by atoms with Gasteiger partial charge in [-0.2, -0.15) is 4.98 Å². The number of nitrogens with zero attached hydrogens (tertiary/aromatic N) is 6. The molecule has 2 aromatic carbocycles. The predicted molar refractivity (Wildman–Crippen MR) is 175 cm³/mol. The van der Waals surface area contributed by atoms with Crippen LogP contribution in [0, 0.1) is 13.8 Å². The van der Waals surface area contributed by atoms with Crippen LogP contribution in [-0.4, -0.2) is 75.6 Å². The summed E-state index contributed by atoms with van der Waals surface area (Å²) in [6.07, 6.45) is 6.48. The molecule has 1 atom stereocenters. The largest absolute Gasteiger partial charge is 0.497 e. The Morgan fingerprint density at radius 2 is 1.78 bits per heavy atom. The normalized spacial score (nSPS) is 14.9. The van der Waals surface area contributed by atoms with Crippen LogP contribution < -0.4 is 15.0 Å². The number of benzene rings is 2. The second-order valence-corrected chi connectivity index (χ2v) is 12.0. The monoisotopic (exact) mass is 609 g/mol. The predicted octanol–water partition coefficient (Wildman–Crippen LogP) is 4.42. The SMILES string of the molecule is COc1ccc(CC(=O)N2CCN(c3cc(C(C)C)nc(-n4ccnc4)n3)C(CC(=O)NCCc3ccc(C)c(C)c3)C2)cc1. The highest BCUT2D eigenvalue weighted by Gasteiger charge is 2.32. The fraction of sp³-hybridized carbons (Fsp3) is 0.400. The quantitative estimate of drug-likeness (QED) is 0.268. The minimum absolute atomic E-state index is 0.0321. The zero-order valence-electron chi connectivity index (χ0n) is 26.9. The van der Waals surface area contributed by atoms with E-state index in [1.54, 1.807) is 24.2 Å². The van der Waals surface area contributed by atoms with Crippen LogP contribution in [0.1, 0.15) is 54.1 Å². The first-order chi connectivity index (χ1) is 21.7. The third-order valence-electron chi connectivity index (χ3n) is 8.42. The van der Waals surface area contributed by atoms with E-state index in [0.29, 0.717) is 32.1 Å². The summed E-state index contributed by atoms with van der Waals surface area (Å²) < 4.78 is 7.05. The van der Waals surface area contributed by atoms with Gasteiger partial charge in [-0.15, -0.1) is 0 Å². The standard InChI is InChI=1S/C35H43N7O3/c1-24(2)31-21-32(39-35(38-31)41-15-14-36-23-41)42-17-16-40(34(44)19-27-8-10-30(45-5)11-9-27)22-29(42)20-33(43)37-13-12-28-7-6-25(3)26(4)18-28/h6-11,14-15,18,21,23-24,29H,12-13,16-17,19-20,22H2,1-5H3,(H,37,43). The van der Waals surface area contributed by atoms with E-state index in [1.165, 1.54) is 16.7 Å². The molecule has 0 aliphatic carbocycles. The first kappa shape index (κ1) is 31.7. The first-order valence-electron chi connectivity index (χ1n) is 15.6. The molecule has 45 heavy (non-hydrogen) atoms. The van der Waals surface area contributed by atoms with Crippen molar-refractivity contribution < 1.29 is 14.3 Å². The van der Waals surface area contributed by atoms with E-state index in [2.05, 4.69) is 61.1 Å². The minimum Gasteiger partial charge on any atom is -0.497 e. The van der Waals surface area contributed by atoms with Gasteiger partial charge in [-0.1, -0.05) is 44.2 Å². The molecule has 5 rings (SSSR count). The summed E-state index contributed by atoms with van der Waals surface area (Å²) in [5.74, 6) is 2.18. The van der Waals surface area contributed by atoms with Gasteiger partial charge in [0.1, 0.15) is 17.9 Å². The molecule has 1 aliphatic rings. The smallest absolute Gasteiger partial charge is 0.237 e. The van der Waals surface area contributed by atoms with E-state index in [0.717, 1.165) is 29.2 Å². The van der Waals surface area contributed by atoms with Gasteiger partial charge < -0.3 is 19.9 Å². The van der Waals surface area contributed by atoms with Gasteiger partial charge in [-0.25, -0.2) is 9.97 Å². The molecule has 236 valence electrons. The Morgan fingerprint density at radius 3 is 2.47 bits per heavy atom. The molecule has 1 unspecified atom stereocenters. The van der Waals surface area contributed by atoms with Crippen LogP contribution in [0.25, 0.3) is 5.95 Å². The van der Waals surface area contributed by atoms with Crippen molar-refractivity contribution in [3.05, 3.63) is 95.2 Å². The van der Waals surface area contributed by atoms with Crippen LogP contribution >= 0.6 is 0 Å². The van der Waals surface area contributed by atoms with Crippen LogP contribution in [0.5, 0.6) is 5.75 Å². The van der Waals surface area contributed by atoms with Crippen LogP contribution in [0.15, 0.2) is 67.3 Å². The third kappa shape index (κ3) is 8.06. The highest BCUT2D eigenvalue weighted by Crippen LogP contribution is 2.26. The lowest BCUT2D eigenvalue weighted by Gasteiger charge is -2.42. The number of ether oxygens (including phenoxy) is 1.